The van der Waals surface area contributed by atoms with Gasteiger partial charge in [-0.05, 0) is 19.5 Å². The first-order chi connectivity index (χ1) is 9.05. The molecule has 1 aromatic rings. The lowest BCUT2D eigenvalue weighted by atomic mass is 10.4. The maximum absolute atomic E-state index is 12.0. The smallest absolute Gasteiger partial charge is 0.257 e. The van der Waals surface area contributed by atoms with Crippen molar-refractivity contribution in [1.29, 1.82) is 0 Å². The lowest BCUT2D eigenvalue weighted by molar-refractivity contribution is 0.278. The number of hydrogen-bond acceptors (Lipinski definition) is 5. The van der Waals surface area contributed by atoms with Crippen molar-refractivity contribution >= 4 is 10.0 Å². The summed E-state index contributed by atoms with van der Waals surface area (Å²) in [6.07, 6.45) is 2.35. The summed E-state index contributed by atoms with van der Waals surface area (Å²) in [4.78, 5) is 2.17. The van der Waals surface area contributed by atoms with Gasteiger partial charge in [0.05, 0.1) is 12.8 Å². The molecule has 0 unspecified atom stereocenters. The third-order valence-corrected chi connectivity index (χ3v) is 4.30. The van der Waals surface area contributed by atoms with Crippen molar-refractivity contribution < 1.29 is 13.5 Å². The largest absolute Gasteiger partial charge is 0.392 e. The summed E-state index contributed by atoms with van der Waals surface area (Å²) in [5.74, 6) is 0. The van der Waals surface area contributed by atoms with Gasteiger partial charge in [-0.3, -0.25) is 5.10 Å². The molecule has 0 bridgehead atoms. The molecule has 110 valence electrons. The number of aromatic amines is 1. The van der Waals surface area contributed by atoms with Crippen molar-refractivity contribution in [3.63, 3.8) is 0 Å². The number of aromatic nitrogens is 2. The molecule has 0 radical (unpaired) electrons. The van der Waals surface area contributed by atoms with Crippen LogP contribution in [0.25, 0.3) is 0 Å². The fourth-order valence-electron chi connectivity index (χ4n) is 1.80. The Kier molecular flexibility index (Phi) is 6.43. The first-order valence-electron chi connectivity index (χ1n) is 6.40. The molecule has 0 aliphatic heterocycles. The molecule has 1 rings (SSSR count). The van der Waals surface area contributed by atoms with E-state index in [0.29, 0.717) is 13.1 Å². The van der Waals surface area contributed by atoms with Gasteiger partial charge in [0, 0.05) is 18.7 Å². The first-order valence-corrected chi connectivity index (χ1v) is 7.88. The van der Waals surface area contributed by atoms with Crippen LogP contribution in [-0.2, 0) is 16.6 Å². The van der Waals surface area contributed by atoms with Gasteiger partial charge in [-0.2, -0.15) is 5.10 Å². The van der Waals surface area contributed by atoms with Crippen LogP contribution in [0.3, 0.4) is 0 Å². The summed E-state index contributed by atoms with van der Waals surface area (Å²) < 4.78 is 26.5. The quantitative estimate of drug-likeness (QED) is 0.590. The second-order valence-electron chi connectivity index (χ2n) is 4.21. The first kappa shape index (κ1) is 16.1. The third-order valence-electron chi connectivity index (χ3n) is 2.82. The van der Waals surface area contributed by atoms with E-state index >= 15 is 0 Å². The average Bonchev–Trinajstić information content (AvgIpc) is 2.86. The van der Waals surface area contributed by atoms with Crippen LogP contribution in [0.5, 0.6) is 0 Å². The molecule has 0 aliphatic carbocycles. The number of rotatable bonds is 9. The van der Waals surface area contributed by atoms with Crippen molar-refractivity contribution in [3.8, 4) is 0 Å². The number of sulfonamides is 1. The second kappa shape index (κ2) is 7.59. The van der Waals surface area contributed by atoms with Gasteiger partial charge < -0.3 is 10.0 Å². The standard InChI is InChI=1S/C11H22N4O3S/c1-3-6-15(4-2)7-5-13-19(17,18)11-10(9-16)8-12-14-11/h8,13,16H,3-7,9H2,1-2H3,(H,12,14). The Labute approximate surface area is 114 Å². The van der Waals surface area contributed by atoms with Gasteiger partial charge in [0.25, 0.3) is 10.0 Å². The molecule has 0 saturated heterocycles. The maximum Gasteiger partial charge on any atom is 0.257 e. The summed E-state index contributed by atoms with van der Waals surface area (Å²) in [6.45, 7) is 6.61. The van der Waals surface area contributed by atoms with Crippen molar-refractivity contribution in [2.45, 2.75) is 31.9 Å². The van der Waals surface area contributed by atoms with Crippen LogP contribution in [0.1, 0.15) is 25.8 Å². The van der Waals surface area contributed by atoms with Crippen LogP contribution in [0.15, 0.2) is 11.2 Å². The number of hydrogen-bond donors (Lipinski definition) is 3. The number of nitrogens with one attached hydrogen (secondary N) is 2. The van der Waals surface area contributed by atoms with Crippen LogP contribution in [0.2, 0.25) is 0 Å². The number of H-pyrrole nitrogens is 1. The topological polar surface area (TPSA) is 98.3 Å². The molecular weight excluding hydrogens is 268 g/mol. The van der Waals surface area contributed by atoms with Crippen LogP contribution in [0.4, 0.5) is 0 Å². The SMILES string of the molecule is CCCN(CC)CCNS(=O)(=O)c1[nH]ncc1CO. The highest BCUT2D eigenvalue weighted by Gasteiger charge is 2.20. The molecule has 0 fully saturated rings. The van der Waals surface area contributed by atoms with E-state index in [4.69, 9.17) is 5.11 Å². The summed E-state index contributed by atoms with van der Waals surface area (Å²) in [7, 11) is -3.63. The van der Waals surface area contributed by atoms with Crippen molar-refractivity contribution in [2.75, 3.05) is 26.2 Å². The molecule has 1 heterocycles. The third kappa shape index (κ3) is 4.57. The second-order valence-corrected chi connectivity index (χ2v) is 5.92. The van der Waals surface area contributed by atoms with Gasteiger partial charge in [-0.1, -0.05) is 13.8 Å². The molecule has 0 amide bonds. The molecule has 0 aromatic carbocycles. The molecule has 7 nitrogen and oxygen atoms in total. The van der Waals surface area contributed by atoms with E-state index < -0.39 is 10.0 Å². The van der Waals surface area contributed by atoms with E-state index in [1.165, 1.54) is 6.20 Å². The highest BCUT2D eigenvalue weighted by atomic mass is 32.2. The maximum atomic E-state index is 12.0. The van der Waals surface area contributed by atoms with Crippen LogP contribution in [-0.4, -0.2) is 54.8 Å². The van der Waals surface area contributed by atoms with Crippen molar-refractivity contribution in [1.82, 2.24) is 19.8 Å². The number of likely N-dealkylation sites (N-methyl/N-ethyl adjacent to an activating group) is 1. The van der Waals surface area contributed by atoms with Gasteiger partial charge >= 0.3 is 0 Å². The molecule has 0 atom stereocenters. The predicted octanol–water partition coefficient (Wildman–Crippen LogP) is -0.0878. The predicted molar refractivity (Wildman–Crippen MR) is 72.1 cm³/mol. The van der Waals surface area contributed by atoms with Gasteiger partial charge in [-0.25, -0.2) is 13.1 Å². The van der Waals surface area contributed by atoms with Gasteiger partial charge in [-0.15, -0.1) is 0 Å². The number of nitrogens with zero attached hydrogens (tertiary/aromatic N) is 2. The summed E-state index contributed by atoms with van der Waals surface area (Å²) in [5, 5.41) is 15.0. The Morgan fingerprint density at radius 2 is 2.16 bits per heavy atom. The van der Waals surface area contributed by atoms with E-state index in [2.05, 4.69) is 26.7 Å². The van der Waals surface area contributed by atoms with Gasteiger partial charge in [0.2, 0.25) is 0 Å². The summed E-state index contributed by atoms with van der Waals surface area (Å²) in [5.41, 5.74) is 0.272. The molecule has 8 heteroatoms. The van der Waals surface area contributed by atoms with Gasteiger partial charge in [0.15, 0.2) is 5.03 Å². The average molecular weight is 290 g/mol. The molecule has 19 heavy (non-hydrogen) atoms. The zero-order valence-corrected chi connectivity index (χ0v) is 12.2. The van der Waals surface area contributed by atoms with Crippen molar-refractivity contribution in [2.24, 2.45) is 0 Å². The zero-order chi connectivity index (χ0) is 14.3. The molecule has 0 aliphatic rings. The molecular formula is C11H22N4O3S. The van der Waals surface area contributed by atoms with E-state index in [9.17, 15) is 8.42 Å². The zero-order valence-electron chi connectivity index (χ0n) is 11.4. The van der Waals surface area contributed by atoms with Crippen molar-refractivity contribution in [3.05, 3.63) is 11.8 Å². The highest BCUT2D eigenvalue weighted by molar-refractivity contribution is 7.89. The van der Waals surface area contributed by atoms with E-state index in [0.717, 1.165) is 19.5 Å². The molecule has 0 saturated carbocycles. The van der Waals surface area contributed by atoms with E-state index in [-0.39, 0.29) is 17.2 Å². The van der Waals surface area contributed by atoms with E-state index in [1.54, 1.807) is 0 Å². The number of aliphatic hydroxyl groups excluding tert-OH is 1. The monoisotopic (exact) mass is 290 g/mol. The molecule has 1 aromatic heterocycles. The fraction of sp³-hybridized carbons (Fsp3) is 0.727. The Morgan fingerprint density at radius 1 is 1.42 bits per heavy atom. The minimum Gasteiger partial charge on any atom is -0.392 e. The Hall–Kier alpha value is -0.960. The van der Waals surface area contributed by atoms with Gasteiger partial charge in [0.1, 0.15) is 0 Å². The van der Waals surface area contributed by atoms with Crippen LogP contribution in [0, 0.1) is 0 Å². The molecule has 0 spiro atoms. The molecule has 3 N–H and O–H groups in total. The van der Waals surface area contributed by atoms with E-state index in [1.807, 2.05) is 6.92 Å². The minimum atomic E-state index is -3.63. The lowest BCUT2D eigenvalue weighted by Crippen LogP contribution is -2.35. The Morgan fingerprint density at radius 3 is 2.74 bits per heavy atom. The highest BCUT2D eigenvalue weighted by Crippen LogP contribution is 2.10. The Bertz CT molecular complexity index is 472. The minimum absolute atomic E-state index is 0.0615. The fourth-order valence-corrected chi connectivity index (χ4v) is 2.94. The lowest BCUT2D eigenvalue weighted by Gasteiger charge is -2.19. The normalized spacial score (nSPS) is 12.2. The summed E-state index contributed by atoms with van der Waals surface area (Å²) >= 11 is 0. The number of aliphatic hydroxyl groups is 1. The Balaban J connectivity index is 2.56. The summed E-state index contributed by atoms with van der Waals surface area (Å²) in [6, 6.07) is 0. The van der Waals surface area contributed by atoms with Crippen LogP contribution >= 0.6 is 0 Å². The van der Waals surface area contributed by atoms with Crippen LogP contribution < -0.4 is 4.72 Å².